The van der Waals surface area contributed by atoms with Crippen molar-refractivity contribution in [3.63, 3.8) is 0 Å². The maximum absolute atomic E-state index is 13.3. The minimum absolute atomic E-state index is 0.257. The van der Waals surface area contributed by atoms with Crippen molar-refractivity contribution in [1.29, 1.82) is 0 Å². The molecule has 100 valence electrons. The molecule has 3 nitrogen and oxygen atoms in total. The number of hydrogen-bond donors (Lipinski definition) is 1. The molecule has 1 fully saturated rings. The van der Waals surface area contributed by atoms with Gasteiger partial charge in [-0.05, 0) is 31.0 Å². The standard InChI is InChI=1S/C14H20FNO2/c1-11-6-7-16(10-13(11)17)8-9-18-14-5-3-2-4-12(14)15/h2-5,11,13,17H,6-10H2,1H3. The van der Waals surface area contributed by atoms with E-state index in [2.05, 4.69) is 11.8 Å². The number of halogens is 1. The first-order valence-corrected chi connectivity index (χ1v) is 6.44. The fraction of sp³-hybridized carbons (Fsp3) is 0.571. The number of rotatable bonds is 4. The Morgan fingerprint density at radius 1 is 1.44 bits per heavy atom. The molecule has 0 bridgehead atoms. The summed E-state index contributed by atoms with van der Waals surface area (Å²) in [6.07, 6.45) is 0.744. The highest BCUT2D eigenvalue weighted by atomic mass is 19.1. The van der Waals surface area contributed by atoms with Crippen molar-refractivity contribution in [3.8, 4) is 5.75 Å². The summed E-state index contributed by atoms with van der Waals surface area (Å²) < 4.78 is 18.7. The van der Waals surface area contributed by atoms with Gasteiger partial charge >= 0.3 is 0 Å². The summed E-state index contributed by atoms with van der Waals surface area (Å²) in [5, 5.41) is 9.77. The maximum atomic E-state index is 13.3. The van der Waals surface area contributed by atoms with Crippen LogP contribution in [0.1, 0.15) is 13.3 Å². The van der Waals surface area contributed by atoms with Gasteiger partial charge in [0.2, 0.25) is 0 Å². The van der Waals surface area contributed by atoms with Crippen molar-refractivity contribution >= 4 is 0 Å². The van der Waals surface area contributed by atoms with E-state index in [9.17, 15) is 9.50 Å². The molecule has 1 N–H and O–H groups in total. The monoisotopic (exact) mass is 253 g/mol. The maximum Gasteiger partial charge on any atom is 0.165 e. The van der Waals surface area contributed by atoms with E-state index in [1.54, 1.807) is 18.2 Å². The molecule has 1 saturated heterocycles. The zero-order valence-electron chi connectivity index (χ0n) is 10.7. The SMILES string of the molecule is CC1CCN(CCOc2ccccc2F)CC1O. The molecule has 1 aromatic carbocycles. The molecule has 4 heteroatoms. The number of aliphatic hydroxyl groups excluding tert-OH is 1. The zero-order valence-corrected chi connectivity index (χ0v) is 10.7. The summed E-state index contributed by atoms with van der Waals surface area (Å²) in [5.41, 5.74) is 0. The molecule has 0 amide bonds. The van der Waals surface area contributed by atoms with Crippen LogP contribution in [0.25, 0.3) is 0 Å². The molecule has 2 unspecified atom stereocenters. The first-order valence-electron chi connectivity index (χ1n) is 6.44. The first-order chi connectivity index (χ1) is 8.66. The van der Waals surface area contributed by atoms with Crippen molar-refractivity contribution in [3.05, 3.63) is 30.1 Å². The van der Waals surface area contributed by atoms with Gasteiger partial charge in [-0.1, -0.05) is 19.1 Å². The minimum Gasteiger partial charge on any atom is -0.489 e. The Labute approximate surface area is 107 Å². The van der Waals surface area contributed by atoms with Crippen molar-refractivity contribution in [2.75, 3.05) is 26.2 Å². The van der Waals surface area contributed by atoms with Crippen molar-refractivity contribution < 1.29 is 14.2 Å². The smallest absolute Gasteiger partial charge is 0.165 e. The van der Waals surface area contributed by atoms with Gasteiger partial charge in [0.15, 0.2) is 11.6 Å². The summed E-state index contributed by atoms with van der Waals surface area (Å²) in [6, 6.07) is 6.42. The molecule has 1 aliphatic rings. The number of piperidine rings is 1. The topological polar surface area (TPSA) is 32.7 Å². The fourth-order valence-electron chi connectivity index (χ4n) is 2.16. The number of β-amino-alcohol motifs (C(OH)–C–C–N with tert-alkyl or cyclic N) is 1. The number of likely N-dealkylation sites (tertiary alicyclic amines) is 1. The second-order valence-electron chi connectivity index (χ2n) is 4.91. The van der Waals surface area contributed by atoms with E-state index >= 15 is 0 Å². The molecule has 1 aromatic rings. The van der Waals surface area contributed by atoms with Crippen LogP contribution < -0.4 is 4.74 Å². The van der Waals surface area contributed by atoms with Gasteiger partial charge in [-0.25, -0.2) is 4.39 Å². The number of benzene rings is 1. The van der Waals surface area contributed by atoms with E-state index < -0.39 is 0 Å². The Bertz CT molecular complexity index is 386. The van der Waals surface area contributed by atoms with Gasteiger partial charge in [-0.2, -0.15) is 0 Å². The van der Waals surface area contributed by atoms with Gasteiger partial charge in [-0.3, -0.25) is 4.90 Å². The number of nitrogens with zero attached hydrogens (tertiary/aromatic N) is 1. The molecular formula is C14H20FNO2. The quantitative estimate of drug-likeness (QED) is 0.889. The highest BCUT2D eigenvalue weighted by molar-refractivity contribution is 5.23. The lowest BCUT2D eigenvalue weighted by atomic mass is 9.96. The van der Waals surface area contributed by atoms with E-state index in [1.165, 1.54) is 6.07 Å². The Morgan fingerprint density at radius 2 is 2.22 bits per heavy atom. The number of para-hydroxylation sites is 1. The fourth-order valence-corrected chi connectivity index (χ4v) is 2.16. The molecular weight excluding hydrogens is 233 g/mol. The molecule has 18 heavy (non-hydrogen) atoms. The van der Waals surface area contributed by atoms with E-state index in [-0.39, 0.29) is 11.9 Å². The minimum atomic E-state index is -0.329. The van der Waals surface area contributed by atoms with E-state index in [0.717, 1.165) is 19.5 Å². The molecule has 1 heterocycles. The third kappa shape index (κ3) is 3.43. The Hall–Kier alpha value is -1.13. The molecule has 1 aliphatic heterocycles. The molecule has 0 radical (unpaired) electrons. The van der Waals surface area contributed by atoms with Crippen LogP contribution in [0.3, 0.4) is 0 Å². The predicted molar refractivity (Wildman–Crippen MR) is 68.1 cm³/mol. The van der Waals surface area contributed by atoms with Crippen LogP contribution in [0.4, 0.5) is 4.39 Å². The van der Waals surface area contributed by atoms with Crippen LogP contribution in [0, 0.1) is 11.7 Å². The highest BCUT2D eigenvalue weighted by Crippen LogP contribution is 2.18. The Balaban J connectivity index is 1.74. The van der Waals surface area contributed by atoms with Crippen LogP contribution in [0.2, 0.25) is 0 Å². The van der Waals surface area contributed by atoms with Crippen LogP contribution in [0.15, 0.2) is 24.3 Å². The van der Waals surface area contributed by atoms with Crippen LogP contribution in [-0.4, -0.2) is 42.4 Å². The van der Waals surface area contributed by atoms with E-state index in [4.69, 9.17) is 4.74 Å². The lowest BCUT2D eigenvalue weighted by molar-refractivity contribution is 0.0242. The lowest BCUT2D eigenvalue weighted by Crippen LogP contribution is -2.44. The van der Waals surface area contributed by atoms with Gasteiger partial charge in [0.05, 0.1) is 6.10 Å². The summed E-state index contributed by atoms with van der Waals surface area (Å²) in [4.78, 5) is 2.16. The number of hydrogen-bond acceptors (Lipinski definition) is 3. The second-order valence-corrected chi connectivity index (χ2v) is 4.91. The summed E-state index contributed by atoms with van der Waals surface area (Å²) in [7, 11) is 0. The highest BCUT2D eigenvalue weighted by Gasteiger charge is 2.23. The Morgan fingerprint density at radius 3 is 2.94 bits per heavy atom. The third-order valence-corrected chi connectivity index (χ3v) is 3.50. The average Bonchev–Trinajstić information content (AvgIpc) is 2.36. The van der Waals surface area contributed by atoms with Gasteiger partial charge in [0.25, 0.3) is 0 Å². The summed E-state index contributed by atoms with van der Waals surface area (Å²) >= 11 is 0. The third-order valence-electron chi connectivity index (χ3n) is 3.50. The Kier molecular flexibility index (Phi) is 4.55. The number of ether oxygens (including phenoxy) is 1. The molecule has 2 rings (SSSR count). The van der Waals surface area contributed by atoms with Crippen LogP contribution in [-0.2, 0) is 0 Å². The molecule has 0 aliphatic carbocycles. The molecule has 0 aromatic heterocycles. The van der Waals surface area contributed by atoms with Gasteiger partial charge < -0.3 is 9.84 Å². The lowest BCUT2D eigenvalue weighted by Gasteiger charge is -2.34. The van der Waals surface area contributed by atoms with Crippen LogP contribution >= 0.6 is 0 Å². The summed E-state index contributed by atoms with van der Waals surface area (Å²) in [6.45, 7) is 4.89. The van der Waals surface area contributed by atoms with E-state index in [0.29, 0.717) is 24.8 Å². The van der Waals surface area contributed by atoms with Crippen LogP contribution in [0.5, 0.6) is 5.75 Å². The van der Waals surface area contributed by atoms with Gasteiger partial charge in [0, 0.05) is 13.1 Å². The largest absolute Gasteiger partial charge is 0.489 e. The van der Waals surface area contributed by atoms with E-state index in [1.807, 2.05) is 0 Å². The van der Waals surface area contributed by atoms with Gasteiger partial charge in [-0.15, -0.1) is 0 Å². The molecule has 2 atom stereocenters. The first kappa shape index (κ1) is 13.3. The van der Waals surface area contributed by atoms with Crippen molar-refractivity contribution in [2.24, 2.45) is 5.92 Å². The van der Waals surface area contributed by atoms with Crippen molar-refractivity contribution in [2.45, 2.75) is 19.4 Å². The molecule has 0 saturated carbocycles. The average molecular weight is 253 g/mol. The molecule has 0 spiro atoms. The zero-order chi connectivity index (χ0) is 13.0. The second kappa shape index (κ2) is 6.16. The van der Waals surface area contributed by atoms with Gasteiger partial charge in [0.1, 0.15) is 6.61 Å². The van der Waals surface area contributed by atoms with Crippen molar-refractivity contribution in [1.82, 2.24) is 4.90 Å². The predicted octanol–water partition coefficient (Wildman–Crippen LogP) is 1.91. The number of aliphatic hydroxyl groups is 1. The summed E-state index contributed by atoms with van der Waals surface area (Å²) in [5.74, 6) is 0.335. The normalized spacial score (nSPS) is 25.1.